The summed E-state index contributed by atoms with van der Waals surface area (Å²) in [6, 6.07) is 23.2. The minimum absolute atomic E-state index is 0.0176. The van der Waals surface area contributed by atoms with Crippen LogP contribution in [0.25, 0.3) is 0 Å². The fourth-order valence-electron chi connectivity index (χ4n) is 6.87. The van der Waals surface area contributed by atoms with E-state index < -0.39 is 8.07 Å². The van der Waals surface area contributed by atoms with Gasteiger partial charge in [-0.1, -0.05) is 197 Å². The lowest BCUT2D eigenvalue weighted by molar-refractivity contribution is 0.569. The molecular weight excluding hydrogens is 593 g/mol. The Kier molecular flexibility index (Phi) is 9.77. The molecule has 0 atom stereocenters. The summed E-state index contributed by atoms with van der Waals surface area (Å²) in [6.45, 7) is 42.9. The molecule has 0 bridgehead atoms. The first-order chi connectivity index (χ1) is 21.6. The molecule has 3 aromatic carbocycles. The zero-order valence-corrected chi connectivity index (χ0v) is 35.1. The van der Waals surface area contributed by atoms with Crippen molar-refractivity contribution >= 4 is 23.6 Å². The molecule has 0 aromatic heterocycles. The number of hydrogen-bond acceptors (Lipinski definition) is 0. The van der Waals surface area contributed by atoms with E-state index in [9.17, 15) is 0 Å². The molecule has 0 nitrogen and oxygen atoms in total. The van der Waals surface area contributed by atoms with Crippen LogP contribution in [0.3, 0.4) is 0 Å². The van der Waals surface area contributed by atoms with E-state index in [0.717, 1.165) is 6.42 Å². The third-order valence-corrected chi connectivity index (χ3v) is 15.2. The number of allylic oxidation sites excluding steroid dienone is 4. The summed E-state index contributed by atoms with van der Waals surface area (Å²) in [5.74, 6) is 0. The lowest BCUT2D eigenvalue weighted by Gasteiger charge is -2.40. The summed E-state index contributed by atoms with van der Waals surface area (Å²) in [5, 5.41) is 6.05. The van der Waals surface area contributed by atoms with E-state index in [1.54, 1.807) is 0 Å². The maximum absolute atomic E-state index is 2.88. The van der Waals surface area contributed by atoms with Gasteiger partial charge in [0.25, 0.3) is 0 Å². The Balaban J connectivity index is 2.41. The highest BCUT2D eigenvalue weighted by molar-refractivity contribution is 7.16. The standard InChI is InChI=1S/C47H68Si/c1-42(2,3)32-23-33(43(4,5)6)27-39(26-32)48(38-21-19-20-22-38,40-28-34(44(7,8)9)24-35(29-40)45(10,11)12)41-30-36(46(13,14)15)25-37(31-41)47(16,17)18/h19,21-31H,20H2,1-18H3. The lowest BCUT2D eigenvalue weighted by atomic mass is 9.80. The van der Waals surface area contributed by atoms with E-state index in [1.165, 1.54) is 54.1 Å². The van der Waals surface area contributed by atoms with Crippen molar-refractivity contribution in [3.63, 3.8) is 0 Å². The molecule has 0 N–H and O–H groups in total. The Morgan fingerprint density at radius 3 is 0.750 bits per heavy atom. The van der Waals surface area contributed by atoms with Crippen molar-refractivity contribution < 1.29 is 0 Å². The second-order valence-electron chi connectivity index (χ2n) is 20.9. The molecule has 0 radical (unpaired) electrons. The van der Waals surface area contributed by atoms with Crippen LogP contribution in [-0.2, 0) is 32.5 Å². The lowest BCUT2D eigenvalue weighted by Crippen LogP contribution is -2.69. The number of hydrogen-bond donors (Lipinski definition) is 0. The van der Waals surface area contributed by atoms with Crippen molar-refractivity contribution in [3.8, 4) is 0 Å². The molecule has 1 aliphatic rings. The molecule has 1 aliphatic carbocycles. The van der Waals surface area contributed by atoms with Crippen LogP contribution in [0.4, 0.5) is 0 Å². The first kappa shape index (κ1) is 38.2. The van der Waals surface area contributed by atoms with E-state index in [4.69, 9.17) is 0 Å². The van der Waals surface area contributed by atoms with E-state index in [2.05, 4.69) is 197 Å². The molecule has 0 amide bonds. The highest BCUT2D eigenvalue weighted by atomic mass is 28.3. The maximum Gasteiger partial charge on any atom is 0.179 e. The smallest absolute Gasteiger partial charge is 0.0808 e. The summed E-state index contributed by atoms with van der Waals surface area (Å²) in [7, 11) is -2.88. The predicted molar refractivity (Wildman–Crippen MR) is 218 cm³/mol. The van der Waals surface area contributed by atoms with Crippen LogP contribution < -0.4 is 15.6 Å². The molecule has 260 valence electrons. The molecule has 0 heterocycles. The molecule has 0 unspecified atom stereocenters. The third kappa shape index (κ3) is 7.72. The van der Waals surface area contributed by atoms with Gasteiger partial charge in [0.05, 0.1) is 0 Å². The highest BCUT2D eigenvalue weighted by Crippen LogP contribution is 2.36. The SMILES string of the molecule is CC(C)(C)c1cc(C(C)(C)C)cc([Si](C2=CCC=C2)(c2cc(C(C)(C)C)cc(C(C)(C)C)c2)c2cc(C(C)(C)C)cc(C(C)(C)C)c2)c1. The van der Waals surface area contributed by atoms with Crippen LogP contribution in [0, 0.1) is 0 Å². The van der Waals surface area contributed by atoms with Crippen LogP contribution in [0.5, 0.6) is 0 Å². The molecule has 0 aliphatic heterocycles. The van der Waals surface area contributed by atoms with Crippen LogP contribution in [-0.4, -0.2) is 8.07 Å². The van der Waals surface area contributed by atoms with Gasteiger partial charge in [-0.25, -0.2) is 0 Å². The van der Waals surface area contributed by atoms with Gasteiger partial charge < -0.3 is 0 Å². The van der Waals surface area contributed by atoms with Gasteiger partial charge in [-0.15, -0.1) is 0 Å². The summed E-state index contributed by atoms with van der Waals surface area (Å²) < 4.78 is 0. The Morgan fingerprint density at radius 1 is 0.354 bits per heavy atom. The molecule has 3 aromatic rings. The number of rotatable bonds is 4. The Hall–Kier alpha value is -2.64. The molecular formula is C47H68Si. The van der Waals surface area contributed by atoms with E-state index in [0.29, 0.717) is 0 Å². The van der Waals surface area contributed by atoms with Crippen molar-refractivity contribution in [1.29, 1.82) is 0 Å². The molecule has 4 rings (SSSR count). The predicted octanol–water partition coefficient (Wildman–Crippen LogP) is 11.4. The van der Waals surface area contributed by atoms with E-state index in [-0.39, 0.29) is 32.5 Å². The van der Waals surface area contributed by atoms with Gasteiger partial charge in [-0.3, -0.25) is 0 Å². The monoisotopic (exact) mass is 661 g/mol. The zero-order valence-electron chi connectivity index (χ0n) is 34.1. The van der Waals surface area contributed by atoms with Gasteiger partial charge in [-0.05, 0) is 93.0 Å². The van der Waals surface area contributed by atoms with E-state index >= 15 is 0 Å². The second-order valence-corrected chi connectivity index (χ2v) is 24.8. The third-order valence-electron chi connectivity index (χ3n) is 10.5. The van der Waals surface area contributed by atoms with E-state index in [1.807, 2.05) is 0 Å². The maximum atomic E-state index is 2.62. The first-order valence-corrected chi connectivity index (χ1v) is 20.4. The molecule has 0 saturated heterocycles. The minimum Gasteiger partial charge on any atom is -0.0808 e. The van der Waals surface area contributed by atoms with Crippen LogP contribution in [0.1, 0.15) is 164 Å². The summed E-state index contributed by atoms with van der Waals surface area (Å²) in [5.41, 5.74) is 8.66. The van der Waals surface area contributed by atoms with Crippen molar-refractivity contribution in [1.82, 2.24) is 0 Å². The Morgan fingerprint density at radius 2 is 0.583 bits per heavy atom. The topological polar surface area (TPSA) is 0 Å². The van der Waals surface area contributed by atoms with Crippen molar-refractivity contribution in [2.45, 2.75) is 164 Å². The number of benzene rings is 3. The average molecular weight is 661 g/mol. The normalized spacial score (nSPS) is 15.2. The first-order valence-electron chi connectivity index (χ1n) is 18.4. The summed E-state index contributed by atoms with van der Waals surface area (Å²) in [6.07, 6.45) is 8.44. The van der Waals surface area contributed by atoms with Crippen molar-refractivity contribution in [2.24, 2.45) is 0 Å². The van der Waals surface area contributed by atoms with Gasteiger partial charge >= 0.3 is 0 Å². The molecule has 0 spiro atoms. The second kappa shape index (κ2) is 12.3. The highest BCUT2D eigenvalue weighted by Gasteiger charge is 2.46. The van der Waals surface area contributed by atoms with Gasteiger partial charge in [0.1, 0.15) is 0 Å². The minimum atomic E-state index is -2.88. The quantitative estimate of drug-likeness (QED) is 0.193. The van der Waals surface area contributed by atoms with Gasteiger partial charge in [-0.2, -0.15) is 0 Å². The zero-order chi connectivity index (χ0) is 36.5. The van der Waals surface area contributed by atoms with Crippen molar-refractivity contribution in [2.75, 3.05) is 0 Å². The van der Waals surface area contributed by atoms with Crippen LogP contribution in [0.15, 0.2) is 78.0 Å². The molecule has 1 heteroatoms. The van der Waals surface area contributed by atoms with Gasteiger partial charge in [0, 0.05) is 0 Å². The molecule has 48 heavy (non-hydrogen) atoms. The van der Waals surface area contributed by atoms with Crippen LogP contribution >= 0.6 is 0 Å². The van der Waals surface area contributed by atoms with Crippen LogP contribution in [0.2, 0.25) is 0 Å². The fraction of sp³-hybridized carbons (Fsp3) is 0.532. The van der Waals surface area contributed by atoms with Gasteiger partial charge in [0.15, 0.2) is 8.07 Å². The van der Waals surface area contributed by atoms with Gasteiger partial charge in [0.2, 0.25) is 0 Å². The molecule has 0 saturated carbocycles. The summed E-state index contributed by atoms with van der Waals surface area (Å²) in [4.78, 5) is 0. The molecule has 0 fully saturated rings. The Labute approximate surface area is 297 Å². The Bertz CT molecular complexity index is 1440. The largest absolute Gasteiger partial charge is 0.179 e. The summed E-state index contributed by atoms with van der Waals surface area (Å²) >= 11 is 0. The average Bonchev–Trinajstić information content (AvgIpc) is 3.45. The van der Waals surface area contributed by atoms with Crippen molar-refractivity contribution in [3.05, 3.63) is 111 Å². The fourth-order valence-corrected chi connectivity index (χ4v) is 11.9.